The van der Waals surface area contributed by atoms with Gasteiger partial charge < -0.3 is 15.5 Å². The van der Waals surface area contributed by atoms with Crippen molar-refractivity contribution in [3.63, 3.8) is 0 Å². The van der Waals surface area contributed by atoms with Gasteiger partial charge in [0.15, 0.2) is 5.78 Å². The van der Waals surface area contributed by atoms with Crippen LogP contribution in [0.25, 0.3) is 6.08 Å². The number of Topliss-reactive ketones (excluding diaryl/α,β-unsaturated/α-hetero) is 1. The molecule has 11 rings (SSSR count). The van der Waals surface area contributed by atoms with E-state index in [1.807, 2.05) is 42.5 Å². The van der Waals surface area contributed by atoms with Crippen molar-refractivity contribution < 1.29 is 29.0 Å². The number of nitro benzene ring substituents is 2. The Labute approximate surface area is 349 Å². The van der Waals surface area contributed by atoms with Crippen LogP contribution in [0.15, 0.2) is 103 Å². The number of rotatable bonds is 5. The molecule has 7 aliphatic rings. The SMILES string of the molecule is O=C([C@H]1C[C@H]2CCCN2[C@]12C(=O)Nc1ccccc12)N1C/C(=C\c2cccc([N+](=O)[O-])c2)C(=O)[C@@]2(C1)[C@H](c1cccc([N+](=O)[O-])c1)[C@H]1CCCN1C21C(=O)Nc2ccccc21. The first-order valence-corrected chi connectivity index (χ1v) is 20.9. The zero-order valence-corrected chi connectivity index (χ0v) is 33.0. The van der Waals surface area contributed by atoms with Gasteiger partial charge in [0.2, 0.25) is 11.8 Å². The van der Waals surface area contributed by atoms with Crippen LogP contribution >= 0.6 is 0 Å². The van der Waals surface area contributed by atoms with E-state index < -0.39 is 55.9 Å². The van der Waals surface area contributed by atoms with Crippen LogP contribution in [0, 0.1) is 31.6 Å². The molecule has 3 spiro atoms. The summed E-state index contributed by atoms with van der Waals surface area (Å²) >= 11 is 0. The Hall–Kier alpha value is -6.58. The van der Waals surface area contributed by atoms with E-state index >= 15 is 14.4 Å². The minimum atomic E-state index is -1.76. The summed E-state index contributed by atoms with van der Waals surface area (Å²) in [5.74, 6) is -3.13. The number of anilines is 2. The maximum absolute atomic E-state index is 16.3. The maximum Gasteiger partial charge on any atom is 0.270 e. The van der Waals surface area contributed by atoms with E-state index in [0.29, 0.717) is 60.4 Å². The Bertz CT molecular complexity index is 2680. The lowest BCUT2D eigenvalue weighted by molar-refractivity contribution is -0.385. The summed E-state index contributed by atoms with van der Waals surface area (Å²) in [5, 5.41) is 30.5. The van der Waals surface area contributed by atoms with Crippen LogP contribution in [0.3, 0.4) is 0 Å². The van der Waals surface area contributed by atoms with E-state index in [4.69, 9.17) is 0 Å². The van der Waals surface area contributed by atoms with E-state index in [1.54, 1.807) is 35.2 Å². The summed E-state index contributed by atoms with van der Waals surface area (Å²) in [7, 11) is 0. The number of nitro groups is 2. The highest BCUT2D eigenvalue weighted by molar-refractivity contribution is 6.17. The van der Waals surface area contributed by atoms with E-state index in [1.165, 1.54) is 30.3 Å². The van der Waals surface area contributed by atoms with Crippen LogP contribution in [-0.4, -0.2) is 86.3 Å². The fourth-order valence-corrected chi connectivity index (χ4v) is 13.0. The van der Waals surface area contributed by atoms with Gasteiger partial charge in [0.25, 0.3) is 17.3 Å². The number of piperidine rings is 1. The number of benzene rings is 4. The molecule has 4 aromatic rings. The zero-order chi connectivity index (χ0) is 42.0. The van der Waals surface area contributed by atoms with Gasteiger partial charge in [-0.15, -0.1) is 0 Å². The lowest BCUT2D eigenvalue weighted by Crippen LogP contribution is -2.67. The molecule has 4 aromatic carbocycles. The maximum atomic E-state index is 16.3. The molecule has 0 aliphatic carbocycles. The van der Waals surface area contributed by atoms with Gasteiger partial charge in [-0.1, -0.05) is 60.7 Å². The Kier molecular flexibility index (Phi) is 8.10. The average molecular weight is 820 g/mol. The Morgan fingerprint density at radius 1 is 0.754 bits per heavy atom. The molecule has 7 heterocycles. The number of amides is 3. The molecule has 7 atom stereocenters. The standard InChI is InChI=1S/C46H41N7O8/c54-40-29(21-27-9-5-11-31(22-27)52(58)59)25-49(41(55)35-24-30-13-7-19-50(30)45(35)33-14-1-3-16-36(33)47-42(45)56)26-44(40)39(28-10-6-12-32(23-28)53(60)61)38-18-8-20-51(38)46(44)34-15-2-4-17-37(34)48-43(46)57/h1-6,9-12,14-17,21-23,30,35,38-39H,7-8,13,18-20,24-26H2,(H,47,56)(H,48,57)/b29-21+/t30-,35-,38-,39-,44-,45+,46?/m1/s1. The predicted molar refractivity (Wildman–Crippen MR) is 222 cm³/mol. The monoisotopic (exact) mass is 819 g/mol. The number of likely N-dealkylation sites (tertiary alicyclic amines) is 1. The number of non-ortho nitro benzene ring substituents is 2. The number of ketones is 1. The molecule has 61 heavy (non-hydrogen) atoms. The van der Waals surface area contributed by atoms with Gasteiger partial charge in [-0.3, -0.25) is 49.2 Å². The summed E-state index contributed by atoms with van der Waals surface area (Å²) < 4.78 is 0. The number of fused-ring (bicyclic) bond motifs is 9. The van der Waals surface area contributed by atoms with Crippen molar-refractivity contribution in [3.05, 3.63) is 145 Å². The molecule has 0 radical (unpaired) electrons. The molecule has 1 unspecified atom stereocenters. The van der Waals surface area contributed by atoms with Gasteiger partial charge in [0, 0.05) is 83.4 Å². The fourth-order valence-electron chi connectivity index (χ4n) is 13.0. The highest BCUT2D eigenvalue weighted by atomic mass is 16.6. The van der Waals surface area contributed by atoms with Crippen molar-refractivity contribution in [2.24, 2.45) is 11.3 Å². The highest BCUT2D eigenvalue weighted by Crippen LogP contribution is 2.69. The van der Waals surface area contributed by atoms with Crippen molar-refractivity contribution in [2.75, 3.05) is 36.8 Å². The fraction of sp³-hybridized carbons (Fsp3) is 0.348. The molecule has 0 aromatic heterocycles. The Balaban J connectivity index is 1.17. The number of hydrogen-bond donors (Lipinski definition) is 2. The lowest BCUT2D eigenvalue weighted by atomic mass is 9.54. The van der Waals surface area contributed by atoms with Gasteiger partial charge in [-0.2, -0.15) is 0 Å². The molecule has 3 amide bonds. The zero-order valence-electron chi connectivity index (χ0n) is 33.0. The second-order valence-corrected chi connectivity index (χ2v) is 17.5. The van der Waals surface area contributed by atoms with Crippen LogP contribution in [0.4, 0.5) is 22.7 Å². The summed E-state index contributed by atoms with van der Waals surface area (Å²) in [6.07, 6.45) is 4.95. The molecule has 5 saturated heterocycles. The van der Waals surface area contributed by atoms with Gasteiger partial charge in [0.1, 0.15) is 11.1 Å². The second-order valence-electron chi connectivity index (χ2n) is 17.5. The normalized spacial score (nSPS) is 31.8. The average Bonchev–Trinajstić information content (AvgIpc) is 4.10. The minimum absolute atomic E-state index is 0.0421. The molecule has 0 bridgehead atoms. The van der Waals surface area contributed by atoms with Crippen molar-refractivity contribution in [1.82, 2.24) is 14.7 Å². The quantitative estimate of drug-likeness (QED) is 0.143. The number of nitrogens with zero attached hydrogens (tertiary/aromatic N) is 5. The molecule has 308 valence electrons. The Morgan fingerprint density at radius 3 is 2.18 bits per heavy atom. The van der Waals surface area contributed by atoms with Crippen LogP contribution in [0.1, 0.15) is 60.3 Å². The van der Waals surface area contributed by atoms with Crippen molar-refractivity contribution in [1.29, 1.82) is 0 Å². The number of carbonyl (C=O) groups excluding carboxylic acids is 4. The van der Waals surface area contributed by atoms with Crippen molar-refractivity contribution >= 4 is 52.3 Å². The van der Waals surface area contributed by atoms with Crippen LogP contribution < -0.4 is 10.6 Å². The molecule has 15 nitrogen and oxygen atoms in total. The molecule has 7 aliphatic heterocycles. The summed E-state index contributed by atoms with van der Waals surface area (Å²) in [4.78, 5) is 91.4. The van der Waals surface area contributed by atoms with Gasteiger partial charge in [-0.25, -0.2) is 0 Å². The van der Waals surface area contributed by atoms with Crippen LogP contribution in [0.2, 0.25) is 0 Å². The first-order valence-electron chi connectivity index (χ1n) is 20.9. The Morgan fingerprint density at radius 2 is 1.41 bits per heavy atom. The molecular formula is C46H41N7O8. The summed E-state index contributed by atoms with van der Waals surface area (Å²) in [6.45, 7) is 0.667. The largest absolute Gasteiger partial charge is 0.337 e. The van der Waals surface area contributed by atoms with Gasteiger partial charge in [0.05, 0.1) is 21.2 Å². The predicted octanol–water partition coefficient (Wildman–Crippen LogP) is 5.73. The van der Waals surface area contributed by atoms with Gasteiger partial charge in [-0.05, 0) is 74.5 Å². The van der Waals surface area contributed by atoms with Crippen molar-refractivity contribution in [3.8, 4) is 0 Å². The third-order valence-corrected chi connectivity index (χ3v) is 14.9. The van der Waals surface area contributed by atoms with E-state index in [9.17, 15) is 25.0 Å². The molecular weight excluding hydrogens is 779 g/mol. The van der Waals surface area contributed by atoms with Crippen LogP contribution in [-0.2, 0) is 30.3 Å². The minimum Gasteiger partial charge on any atom is -0.337 e. The smallest absolute Gasteiger partial charge is 0.270 e. The van der Waals surface area contributed by atoms with Crippen molar-refractivity contribution in [2.45, 2.75) is 61.2 Å². The van der Waals surface area contributed by atoms with E-state index in [-0.39, 0.29) is 47.9 Å². The molecule has 2 N–H and O–H groups in total. The summed E-state index contributed by atoms with van der Waals surface area (Å²) in [5.41, 5.74) is -1.57. The third kappa shape index (κ3) is 4.81. The number of para-hydroxylation sites is 2. The summed E-state index contributed by atoms with van der Waals surface area (Å²) in [6, 6.07) is 26.4. The van der Waals surface area contributed by atoms with E-state index in [2.05, 4.69) is 20.4 Å². The first kappa shape index (κ1) is 37.4. The number of hydrogen-bond acceptors (Lipinski definition) is 10. The molecule has 0 saturated carbocycles. The first-order chi connectivity index (χ1) is 29.5. The van der Waals surface area contributed by atoms with Crippen LogP contribution in [0.5, 0.6) is 0 Å². The van der Waals surface area contributed by atoms with Gasteiger partial charge >= 0.3 is 0 Å². The number of carbonyl (C=O) groups is 4. The molecule has 5 fully saturated rings. The topological polar surface area (TPSA) is 188 Å². The highest BCUT2D eigenvalue weighted by Gasteiger charge is 2.79. The third-order valence-electron chi connectivity index (χ3n) is 14.9. The van der Waals surface area contributed by atoms with E-state index in [0.717, 1.165) is 18.4 Å². The number of nitrogens with one attached hydrogen (secondary N) is 2. The second kappa shape index (κ2) is 13.2. The molecule has 15 heteroatoms. The lowest BCUT2D eigenvalue weighted by Gasteiger charge is -2.52.